The highest BCUT2D eigenvalue weighted by Crippen LogP contribution is 2.45. The fourth-order valence-corrected chi connectivity index (χ4v) is 12.4. The van der Waals surface area contributed by atoms with Gasteiger partial charge in [0.1, 0.15) is 19.3 Å². The van der Waals surface area contributed by atoms with E-state index in [-0.39, 0.29) is 25.7 Å². The molecule has 17 nitrogen and oxygen atoms in total. The third-order valence-corrected chi connectivity index (χ3v) is 18.8. The Bertz CT molecular complexity index is 1800. The van der Waals surface area contributed by atoms with Crippen molar-refractivity contribution in [1.29, 1.82) is 0 Å². The first-order valence-electron chi connectivity index (χ1n) is 37.2. The topological polar surface area (TPSA) is 237 Å². The van der Waals surface area contributed by atoms with Crippen molar-refractivity contribution in [3.8, 4) is 0 Å². The van der Waals surface area contributed by atoms with Crippen LogP contribution in [0.2, 0.25) is 0 Å². The van der Waals surface area contributed by atoms with Crippen LogP contribution in [0.15, 0.2) is 0 Å². The first kappa shape index (κ1) is 89.1. The lowest BCUT2D eigenvalue weighted by Gasteiger charge is -2.21. The molecule has 0 aromatic carbocycles. The van der Waals surface area contributed by atoms with Gasteiger partial charge in [-0.1, -0.05) is 306 Å². The predicted octanol–water partition coefficient (Wildman–Crippen LogP) is 20.5. The summed E-state index contributed by atoms with van der Waals surface area (Å²) in [4.78, 5) is 72.6. The smallest absolute Gasteiger partial charge is 0.462 e. The zero-order valence-electron chi connectivity index (χ0n) is 59.5. The third-order valence-electron chi connectivity index (χ3n) is 16.9. The van der Waals surface area contributed by atoms with Gasteiger partial charge in [-0.2, -0.15) is 0 Å². The number of carbonyl (C=O) groups is 4. The van der Waals surface area contributed by atoms with Gasteiger partial charge in [0.05, 0.1) is 26.4 Å². The normalized spacial score (nSPS) is 14.5. The number of esters is 4. The number of unbranched alkanes of at least 4 members (excludes halogenated alkanes) is 34. The van der Waals surface area contributed by atoms with Crippen LogP contribution in [0.5, 0.6) is 0 Å². The van der Waals surface area contributed by atoms with Gasteiger partial charge in [0.2, 0.25) is 0 Å². The Balaban J connectivity index is 5.21. The van der Waals surface area contributed by atoms with Crippen molar-refractivity contribution < 1.29 is 80.2 Å². The summed E-state index contributed by atoms with van der Waals surface area (Å²) in [7, 11) is -9.90. The Morgan fingerprint density at radius 1 is 0.308 bits per heavy atom. The van der Waals surface area contributed by atoms with Crippen molar-refractivity contribution in [2.75, 3.05) is 39.6 Å². The SMILES string of the molecule is CCC(C)CCCCCCCCCCCCC(=O)O[C@H](COC(=O)CCCCCCCCCC(C)C)COP(=O)(O)OCC(O)COP(=O)(O)OC[C@@H](COC(=O)CCCCCCCCCCCCCCCCC(C)C)OC(=O)CCCCCCCCCC(C)C. The zero-order valence-corrected chi connectivity index (χ0v) is 61.3. The number of phosphoric ester groups is 2. The van der Waals surface area contributed by atoms with Crippen molar-refractivity contribution in [2.45, 2.75) is 375 Å². The second-order valence-electron chi connectivity index (χ2n) is 27.6. The number of rotatable bonds is 69. The van der Waals surface area contributed by atoms with Gasteiger partial charge in [-0.05, 0) is 49.4 Å². The first-order valence-corrected chi connectivity index (χ1v) is 40.2. The van der Waals surface area contributed by atoms with Crippen molar-refractivity contribution in [1.82, 2.24) is 0 Å². The molecule has 0 aliphatic rings. The van der Waals surface area contributed by atoms with E-state index in [9.17, 15) is 43.2 Å². The molecule has 0 aromatic rings. The molecule has 0 aromatic heterocycles. The highest BCUT2D eigenvalue weighted by atomic mass is 31.2. The quantitative estimate of drug-likeness (QED) is 0.0222. The average molecular weight is 1340 g/mol. The van der Waals surface area contributed by atoms with Gasteiger partial charge in [0.15, 0.2) is 12.2 Å². The van der Waals surface area contributed by atoms with E-state index in [2.05, 4.69) is 55.4 Å². The number of hydrogen-bond acceptors (Lipinski definition) is 15. The Morgan fingerprint density at radius 3 is 0.780 bits per heavy atom. The second-order valence-corrected chi connectivity index (χ2v) is 30.6. The van der Waals surface area contributed by atoms with Crippen molar-refractivity contribution >= 4 is 39.5 Å². The summed E-state index contributed by atoms with van der Waals surface area (Å²) in [5, 5.41) is 10.6. The number of phosphoric acid groups is 2. The molecule has 0 aliphatic heterocycles. The Hall–Kier alpha value is -1.94. The minimum Gasteiger partial charge on any atom is -0.462 e. The molecule has 0 spiro atoms. The molecule has 0 radical (unpaired) electrons. The van der Waals surface area contributed by atoms with Gasteiger partial charge in [0.25, 0.3) is 0 Å². The molecule has 19 heteroatoms. The molecular formula is C72H140O17P2. The highest BCUT2D eigenvalue weighted by Gasteiger charge is 2.30. The van der Waals surface area contributed by atoms with Crippen LogP contribution in [0.1, 0.15) is 357 Å². The Labute approximate surface area is 556 Å². The van der Waals surface area contributed by atoms with E-state index >= 15 is 0 Å². The van der Waals surface area contributed by atoms with Crippen LogP contribution in [-0.4, -0.2) is 96.7 Å². The molecule has 0 saturated carbocycles. The molecule has 0 rings (SSSR count). The molecular weight excluding hydrogens is 1200 g/mol. The predicted molar refractivity (Wildman–Crippen MR) is 367 cm³/mol. The van der Waals surface area contributed by atoms with Gasteiger partial charge in [-0.15, -0.1) is 0 Å². The van der Waals surface area contributed by atoms with E-state index in [0.29, 0.717) is 37.5 Å². The Kier molecular flexibility index (Phi) is 60.3. The van der Waals surface area contributed by atoms with Gasteiger partial charge in [-0.3, -0.25) is 37.3 Å². The second kappa shape index (κ2) is 61.6. The molecule has 3 N–H and O–H groups in total. The van der Waals surface area contributed by atoms with E-state index < -0.39 is 97.5 Å². The van der Waals surface area contributed by atoms with Crippen LogP contribution in [0, 0.1) is 23.7 Å². The molecule has 6 atom stereocenters. The molecule has 0 heterocycles. The molecule has 0 aliphatic carbocycles. The average Bonchev–Trinajstić information content (AvgIpc) is 3.14. The number of ether oxygens (including phenoxy) is 4. The summed E-state index contributed by atoms with van der Waals surface area (Å²) in [5.74, 6) is 0.874. The number of aliphatic hydroxyl groups excluding tert-OH is 1. The van der Waals surface area contributed by atoms with Crippen LogP contribution in [-0.2, 0) is 65.4 Å². The Morgan fingerprint density at radius 2 is 0.527 bits per heavy atom. The van der Waals surface area contributed by atoms with E-state index in [1.807, 2.05) is 0 Å². The molecule has 4 unspecified atom stereocenters. The lowest BCUT2D eigenvalue weighted by molar-refractivity contribution is -0.161. The van der Waals surface area contributed by atoms with Crippen molar-refractivity contribution in [3.05, 3.63) is 0 Å². The van der Waals surface area contributed by atoms with E-state index in [0.717, 1.165) is 108 Å². The van der Waals surface area contributed by atoms with Gasteiger partial charge in [-0.25, -0.2) is 9.13 Å². The van der Waals surface area contributed by atoms with Crippen molar-refractivity contribution in [3.63, 3.8) is 0 Å². The summed E-state index contributed by atoms with van der Waals surface area (Å²) in [5.41, 5.74) is 0. The van der Waals surface area contributed by atoms with Gasteiger partial charge >= 0.3 is 39.5 Å². The monoisotopic (exact) mass is 1340 g/mol. The van der Waals surface area contributed by atoms with E-state index in [1.165, 1.54) is 154 Å². The fourth-order valence-electron chi connectivity index (χ4n) is 10.8. The summed E-state index contributed by atoms with van der Waals surface area (Å²) in [6.45, 7) is 14.1. The number of hydrogen-bond donors (Lipinski definition) is 3. The molecule has 0 saturated heterocycles. The minimum atomic E-state index is -4.95. The van der Waals surface area contributed by atoms with Crippen LogP contribution in [0.4, 0.5) is 0 Å². The standard InChI is InChI=1S/C72H140O17P2/c1-9-65(8)51-43-35-27-19-16-17-21-29-38-46-54-71(76)88-67(59-83-70(75)53-45-37-30-22-25-33-41-49-63(4)5)60-86-90(78,79)84-56-66(73)57-85-91(80,81)87-61-68(89-72(77)55-47-39-31-23-26-34-42-50-64(6)7)58-82-69(74)52-44-36-28-20-15-13-11-10-12-14-18-24-32-40-48-62(2)3/h62-68,73H,9-61H2,1-8H3,(H,78,79)(H,80,81)/t65?,66?,67-,68-/m1/s1. The first-order chi connectivity index (χ1) is 43.6. The highest BCUT2D eigenvalue weighted by molar-refractivity contribution is 7.47. The fraction of sp³-hybridized carbons (Fsp3) is 0.944. The molecule has 0 fully saturated rings. The molecule has 0 bridgehead atoms. The summed E-state index contributed by atoms with van der Waals surface area (Å²) >= 11 is 0. The van der Waals surface area contributed by atoms with Gasteiger partial charge in [0, 0.05) is 25.7 Å². The summed E-state index contributed by atoms with van der Waals surface area (Å²) in [6.07, 6.45) is 44.6. The summed E-state index contributed by atoms with van der Waals surface area (Å²) in [6, 6.07) is 0. The van der Waals surface area contributed by atoms with E-state index in [1.54, 1.807) is 0 Å². The van der Waals surface area contributed by atoms with Crippen LogP contribution in [0.3, 0.4) is 0 Å². The maximum Gasteiger partial charge on any atom is 0.472 e. The molecule has 91 heavy (non-hydrogen) atoms. The zero-order chi connectivity index (χ0) is 67.5. The van der Waals surface area contributed by atoms with Crippen LogP contribution < -0.4 is 0 Å². The van der Waals surface area contributed by atoms with Gasteiger partial charge < -0.3 is 33.8 Å². The molecule has 540 valence electrons. The summed E-state index contributed by atoms with van der Waals surface area (Å²) < 4.78 is 68.3. The lowest BCUT2D eigenvalue weighted by atomic mass is 9.99. The van der Waals surface area contributed by atoms with Crippen LogP contribution >= 0.6 is 15.6 Å². The minimum absolute atomic E-state index is 0.103. The number of carbonyl (C=O) groups excluding carboxylic acids is 4. The number of aliphatic hydroxyl groups is 1. The molecule has 0 amide bonds. The lowest BCUT2D eigenvalue weighted by Crippen LogP contribution is -2.30. The largest absolute Gasteiger partial charge is 0.472 e. The maximum atomic E-state index is 13.0. The maximum absolute atomic E-state index is 13.0. The van der Waals surface area contributed by atoms with E-state index in [4.69, 9.17) is 37.0 Å². The van der Waals surface area contributed by atoms with Crippen molar-refractivity contribution in [2.24, 2.45) is 23.7 Å². The van der Waals surface area contributed by atoms with Crippen LogP contribution in [0.25, 0.3) is 0 Å². The third kappa shape index (κ3) is 65.1.